The molecule has 1 atom stereocenters. The third-order valence-corrected chi connectivity index (χ3v) is 4.49. The normalized spacial score (nSPS) is 18.4. The molecule has 2 heterocycles. The van der Waals surface area contributed by atoms with Crippen LogP contribution in [0, 0.1) is 5.82 Å². The number of nitrogens with zero attached hydrogens (tertiary/aromatic N) is 2. The Morgan fingerprint density at radius 1 is 1.45 bits per heavy atom. The standard InChI is InChI=1S/C15H15FN2OS/c16-12-5-2-1-4-11(12)10-14(19)18-8-3-6-13(18)15-17-7-9-20-15/h1-2,4-5,7,9,13H,3,6,8,10H2. The van der Waals surface area contributed by atoms with E-state index < -0.39 is 0 Å². The average Bonchev–Trinajstić information content (AvgIpc) is 3.11. The minimum atomic E-state index is -0.314. The summed E-state index contributed by atoms with van der Waals surface area (Å²) < 4.78 is 13.6. The Balaban J connectivity index is 1.75. The number of amides is 1. The number of benzene rings is 1. The fraction of sp³-hybridized carbons (Fsp3) is 0.333. The van der Waals surface area contributed by atoms with Crippen molar-refractivity contribution < 1.29 is 9.18 Å². The summed E-state index contributed by atoms with van der Waals surface area (Å²) >= 11 is 1.57. The monoisotopic (exact) mass is 290 g/mol. The number of thiazole rings is 1. The molecule has 1 fully saturated rings. The SMILES string of the molecule is O=C(Cc1ccccc1F)N1CCCC1c1nccs1. The Morgan fingerprint density at radius 3 is 3.05 bits per heavy atom. The Kier molecular flexibility index (Phi) is 3.78. The van der Waals surface area contributed by atoms with Gasteiger partial charge in [-0.05, 0) is 24.5 Å². The molecule has 5 heteroatoms. The first-order chi connectivity index (χ1) is 9.75. The fourth-order valence-corrected chi connectivity index (χ4v) is 3.41. The van der Waals surface area contributed by atoms with Crippen molar-refractivity contribution in [1.82, 2.24) is 9.88 Å². The van der Waals surface area contributed by atoms with Crippen molar-refractivity contribution in [3.8, 4) is 0 Å². The maximum atomic E-state index is 13.6. The van der Waals surface area contributed by atoms with Gasteiger partial charge >= 0.3 is 0 Å². The highest BCUT2D eigenvalue weighted by molar-refractivity contribution is 7.09. The molecule has 3 nitrogen and oxygen atoms in total. The molecule has 1 saturated heterocycles. The number of carbonyl (C=O) groups excluding carboxylic acids is 1. The van der Waals surface area contributed by atoms with E-state index in [1.165, 1.54) is 6.07 Å². The van der Waals surface area contributed by atoms with Gasteiger partial charge in [-0.2, -0.15) is 0 Å². The topological polar surface area (TPSA) is 33.2 Å². The van der Waals surface area contributed by atoms with E-state index in [4.69, 9.17) is 0 Å². The van der Waals surface area contributed by atoms with E-state index in [0.29, 0.717) is 5.56 Å². The van der Waals surface area contributed by atoms with E-state index in [1.807, 2.05) is 10.3 Å². The van der Waals surface area contributed by atoms with Gasteiger partial charge in [0.2, 0.25) is 5.91 Å². The lowest BCUT2D eigenvalue weighted by Crippen LogP contribution is -2.32. The van der Waals surface area contributed by atoms with Gasteiger partial charge in [-0.25, -0.2) is 9.37 Å². The first-order valence-corrected chi connectivity index (χ1v) is 7.56. The average molecular weight is 290 g/mol. The maximum absolute atomic E-state index is 13.6. The minimum Gasteiger partial charge on any atom is -0.333 e. The number of hydrogen-bond donors (Lipinski definition) is 0. The number of hydrogen-bond acceptors (Lipinski definition) is 3. The Morgan fingerprint density at radius 2 is 2.30 bits per heavy atom. The molecule has 0 radical (unpaired) electrons. The van der Waals surface area contributed by atoms with Crippen molar-refractivity contribution >= 4 is 17.2 Å². The molecule has 1 aromatic carbocycles. The second-order valence-corrected chi connectivity index (χ2v) is 5.81. The molecule has 0 aliphatic carbocycles. The number of likely N-dealkylation sites (tertiary alicyclic amines) is 1. The molecule has 1 aliphatic rings. The van der Waals surface area contributed by atoms with Gasteiger partial charge in [-0.3, -0.25) is 4.79 Å². The van der Waals surface area contributed by atoms with Gasteiger partial charge in [0.1, 0.15) is 10.8 Å². The van der Waals surface area contributed by atoms with Crippen LogP contribution in [0.4, 0.5) is 4.39 Å². The summed E-state index contributed by atoms with van der Waals surface area (Å²) in [4.78, 5) is 18.6. The van der Waals surface area contributed by atoms with Gasteiger partial charge in [-0.15, -0.1) is 11.3 Å². The van der Waals surface area contributed by atoms with E-state index in [1.54, 1.807) is 35.7 Å². The van der Waals surface area contributed by atoms with Crippen LogP contribution in [0.2, 0.25) is 0 Å². The largest absolute Gasteiger partial charge is 0.333 e. The van der Waals surface area contributed by atoms with Crippen LogP contribution in [0.5, 0.6) is 0 Å². The summed E-state index contributed by atoms with van der Waals surface area (Å²) in [7, 11) is 0. The van der Waals surface area contributed by atoms with Crippen LogP contribution in [0.25, 0.3) is 0 Å². The van der Waals surface area contributed by atoms with E-state index in [-0.39, 0.29) is 24.2 Å². The van der Waals surface area contributed by atoms with E-state index >= 15 is 0 Å². The van der Waals surface area contributed by atoms with Gasteiger partial charge in [0.15, 0.2) is 0 Å². The Bertz CT molecular complexity index is 600. The summed E-state index contributed by atoms with van der Waals surface area (Å²) in [5.41, 5.74) is 0.460. The zero-order chi connectivity index (χ0) is 13.9. The molecule has 1 aromatic heterocycles. The van der Waals surface area contributed by atoms with Gasteiger partial charge in [0, 0.05) is 18.1 Å². The molecule has 0 spiro atoms. The van der Waals surface area contributed by atoms with Crippen molar-refractivity contribution in [1.29, 1.82) is 0 Å². The molecular weight excluding hydrogens is 275 g/mol. The summed E-state index contributed by atoms with van der Waals surface area (Å²) in [5.74, 6) is -0.335. The highest BCUT2D eigenvalue weighted by Crippen LogP contribution is 2.33. The molecule has 3 rings (SSSR count). The van der Waals surface area contributed by atoms with Crippen LogP contribution < -0.4 is 0 Å². The van der Waals surface area contributed by atoms with Gasteiger partial charge in [0.05, 0.1) is 12.5 Å². The summed E-state index contributed by atoms with van der Waals surface area (Å²) in [5, 5.41) is 2.90. The van der Waals surface area contributed by atoms with Crippen LogP contribution in [-0.4, -0.2) is 22.3 Å². The molecule has 0 saturated carbocycles. The summed E-state index contributed by atoms with van der Waals surface area (Å²) in [6, 6.07) is 6.52. The number of halogens is 1. The van der Waals surface area contributed by atoms with Gasteiger partial charge < -0.3 is 4.90 Å². The lowest BCUT2D eigenvalue weighted by atomic mass is 10.1. The van der Waals surface area contributed by atoms with Crippen LogP contribution in [-0.2, 0) is 11.2 Å². The maximum Gasteiger partial charge on any atom is 0.227 e. The van der Waals surface area contributed by atoms with Crippen molar-refractivity contribution in [3.05, 3.63) is 52.2 Å². The predicted molar refractivity (Wildman–Crippen MR) is 75.9 cm³/mol. The van der Waals surface area contributed by atoms with E-state index in [2.05, 4.69) is 4.98 Å². The second kappa shape index (κ2) is 5.71. The van der Waals surface area contributed by atoms with Crippen molar-refractivity contribution in [3.63, 3.8) is 0 Å². The van der Waals surface area contributed by atoms with Crippen LogP contribution in [0.15, 0.2) is 35.8 Å². The molecule has 104 valence electrons. The highest BCUT2D eigenvalue weighted by atomic mass is 32.1. The first-order valence-electron chi connectivity index (χ1n) is 6.68. The van der Waals surface area contributed by atoms with E-state index in [0.717, 1.165) is 24.4 Å². The van der Waals surface area contributed by atoms with Crippen LogP contribution in [0.1, 0.15) is 29.5 Å². The molecular formula is C15H15FN2OS. The van der Waals surface area contributed by atoms with Crippen molar-refractivity contribution in [2.24, 2.45) is 0 Å². The van der Waals surface area contributed by atoms with Crippen LogP contribution in [0.3, 0.4) is 0 Å². The van der Waals surface area contributed by atoms with Crippen molar-refractivity contribution in [2.75, 3.05) is 6.54 Å². The van der Waals surface area contributed by atoms with Crippen LogP contribution >= 0.6 is 11.3 Å². The third kappa shape index (κ3) is 2.58. The minimum absolute atomic E-state index is 0.0206. The number of aromatic nitrogens is 1. The van der Waals surface area contributed by atoms with Crippen molar-refractivity contribution in [2.45, 2.75) is 25.3 Å². The zero-order valence-corrected chi connectivity index (χ0v) is 11.8. The summed E-state index contributed by atoms with van der Waals surface area (Å²) in [6.07, 6.45) is 3.80. The lowest BCUT2D eigenvalue weighted by Gasteiger charge is -2.23. The Labute approximate surface area is 121 Å². The quantitative estimate of drug-likeness (QED) is 0.870. The molecule has 0 N–H and O–H groups in total. The fourth-order valence-electron chi connectivity index (χ4n) is 2.63. The molecule has 20 heavy (non-hydrogen) atoms. The highest BCUT2D eigenvalue weighted by Gasteiger charge is 2.31. The molecule has 1 unspecified atom stereocenters. The molecule has 2 aromatic rings. The first kappa shape index (κ1) is 13.2. The van der Waals surface area contributed by atoms with E-state index in [9.17, 15) is 9.18 Å². The predicted octanol–water partition coefficient (Wildman–Crippen LogP) is 3.19. The molecule has 1 aliphatic heterocycles. The smallest absolute Gasteiger partial charge is 0.227 e. The molecule has 1 amide bonds. The van der Waals surface area contributed by atoms with Gasteiger partial charge in [0.25, 0.3) is 0 Å². The zero-order valence-electron chi connectivity index (χ0n) is 11.0. The second-order valence-electron chi connectivity index (χ2n) is 4.88. The Hall–Kier alpha value is -1.75. The third-order valence-electron chi connectivity index (χ3n) is 3.61. The summed E-state index contributed by atoms with van der Waals surface area (Å²) in [6.45, 7) is 0.734. The number of rotatable bonds is 3. The van der Waals surface area contributed by atoms with Gasteiger partial charge in [-0.1, -0.05) is 18.2 Å². The lowest BCUT2D eigenvalue weighted by molar-refractivity contribution is -0.131. The molecule has 0 bridgehead atoms. The number of carbonyl (C=O) groups is 1.